The van der Waals surface area contributed by atoms with Crippen LogP contribution in [0.2, 0.25) is 0 Å². The summed E-state index contributed by atoms with van der Waals surface area (Å²) in [5.41, 5.74) is 2.74. The Labute approximate surface area is 135 Å². The first-order valence-electron chi connectivity index (χ1n) is 8.02. The SMILES string of the molecule is O=C(c1cccc(N2CCOCC2)n1)N1CCc2ccccc21. The van der Waals surface area contributed by atoms with Crippen molar-refractivity contribution >= 4 is 17.4 Å². The zero-order chi connectivity index (χ0) is 15.6. The van der Waals surface area contributed by atoms with E-state index in [0.29, 0.717) is 18.9 Å². The summed E-state index contributed by atoms with van der Waals surface area (Å²) < 4.78 is 5.37. The van der Waals surface area contributed by atoms with Crippen LogP contribution < -0.4 is 9.80 Å². The van der Waals surface area contributed by atoms with E-state index in [4.69, 9.17) is 4.74 Å². The zero-order valence-electron chi connectivity index (χ0n) is 12.9. The van der Waals surface area contributed by atoms with Crippen LogP contribution in [0.3, 0.4) is 0 Å². The summed E-state index contributed by atoms with van der Waals surface area (Å²) in [5, 5.41) is 0. The standard InChI is InChI=1S/C18H19N3O2/c22-18(21-9-8-14-4-1-2-6-16(14)21)15-5-3-7-17(19-15)20-10-12-23-13-11-20/h1-7H,8-13H2. The fourth-order valence-corrected chi connectivity index (χ4v) is 3.20. The third-order valence-electron chi connectivity index (χ3n) is 4.42. The van der Waals surface area contributed by atoms with Crippen LogP contribution in [-0.4, -0.2) is 43.7 Å². The van der Waals surface area contributed by atoms with Gasteiger partial charge in [-0.1, -0.05) is 24.3 Å². The minimum absolute atomic E-state index is 0.0231. The molecule has 5 heteroatoms. The van der Waals surface area contributed by atoms with Gasteiger partial charge in [-0.15, -0.1) is 0 Å². The topological polar surface area (TPSA) is 45.7 Å². The molecule has 1 amide bonds. The Morgan fingerprint density at radius 1 is 1.00 bits per heavy atom. The Balaban J connectivity index is 1.60. The van der Waals surface area contributed by atoms with E-state index in [9.17, 15) is 4.79 Å². The normalized spacial score (nSPS) is 17.2. The Bertz CT molecular complexity index is 726. The molecule has 0 N–H and O–H groups in total. The molecule has 5 nitrogen and oxygen atoms in total. The van der Waals surface area contributed by atoms with Gasteiger partial charge >= 0.3 is 0 Å². The summed E-state index contributed by atoms with van der Waals surface area (Å²) in [5.74, 6) is 0.830. The van der Waals surface area contributed by atoms with E-state index in [1.165, 1.54) is 5.56 Å². The number of carbonyl (C=O) groups is 1. The van der Waals surface area contributed by atoms with Crippen LogP contribution in [0, 0.1) is 0 Å². The van der Waals surface area contributed by atoms with Gasteiger partial charge in [0.1, 0.15) is 11.5 Å². The molecule has 0 atom stereocenters. The van der Waals surface area contributed by atoms with Gasteiger partial charge in [0, 0.05) is 25.3 Å². The predicted molar refractivity (Wildman–Crippen MR) is 89.1 cm³/mol. The number of morpholine rings is 1. The molecule has 0 aliphatic carbocycles. The first-order chi connectivity index (χ1) is 11.3. The summed E-state index contributed by atoms with van der Waals surface area (Å²) in [4.78, 5) is 21.5. The second-order valence-corrected chi connectivity index (χ2v) is 5.82. The molecule has 0 radical (unpaired) electrons. The second-order valence-electron chi connectivity index (χ2n) is 5.82. The van der Waals surface area contributed by atoms with Gasteiger partial charge in [0.05, 0.1) is 13.2 Å². The lowest BCUT2D eigenvalue weighted by Crippen LogP contribution is -2.37. The molecule has 1 aromatic heterocycles. The highest BCUT2D eigenvalue weighted by Crippen LogP contribution is 2.28. The number of hydrogen-bond donors (Lipinski definition) is 0. The molecule has 1 fully saturated rings. The van der Waals surface area contributed by atoms with Gasteiger partial charge in [0.25, 0.3) is 5.91 Å². The van der Waals surface area contributed by atoms with Gasteiger partial charge in [0.15, 0.2) is 0 Å². The molecule has 0 saturated carbocycles. The summed E-state index contributed by atoms with van der Waals surface area (Å²) in [6.07, 6.45) is 0.908. The van der Waals surface area contributed by atoms with Gasteiger partial charge in [-0.3, -0.25) is 4.79 Å². The molecule has 118 valence electrons. The van der Waals surface area contributed by atoms with Gasteiger partial charge in [0.2, 0.25) is 0 Å². The first kappa shape index (κ1) is 14.2. The third kappa shape index (κ3) is 2.68. The highest BCUT2D eigenvalue weighted by atomic mass is 16.5. The van der Waals surface area contributed by atoms with Crippen LogP contribution in [0.15, 0.2) is 42.5 Å². The number of aromatic nitrogens is 1. The van der Waals surface area contributed by atoms with Crippen LogP contribution in [-0.2, 0) is 11.2 Å². The molecule has 1 saturated heterocycles. The van der Waals surface area contributed by atoms with Crippen molar-refractivity contribution < 1.29 is 9.53 Å². The van der Waals surface area contributed by atoms with E-state index < -0.39 is 0 Å². The van der Waals surface area contributed by atoms with Crippen molar-refractivity contribution in [2.75, 3.05) is 42.6 Å². The summed E-state index contributed by atoms with van der Waals surface area (Å²) in [7, 11) is 0. The van der Waals surface area contributed by atoms with Crippen molar-refractivity contribution in [1.29, 1.82) is 0 Å². The quantitative estimate of drug-likeness (QED) is 0.852. The van der Waals surface area contributed by atoms with Gasteiger partial charge in [-0.2, -0.15) is 0 Å². The first-order valence-corrected chi connectivity index (χ1v) is 8.02. The number of nitrogens with zero attached hydrogens (tertiary/aromatic N) is 3. The molecular weight excluding hydrogens is 290 g/mol. The minimum Gasteiger partial charge on any atom is -0.378 e. The summed E-state index contributed by atoms with van der Waals surface area (Å²) in [6.45, 7) is 3.77. The number of para-hydroxylation sites is 1. The number of rotatable bonds is 2. The average molecular weight is 309 g/mol. The number of benzene rings is 1. The van der Waals surface area contributed by atoms with Crippen molar-refractivity contribution in [2.45, 2.75) is 6.42 Å². The van der Waals surface area contributed by atoms with E-state index in [0.717, 1.165) is 37.6 Å². The van der Waals surface area contributed by atoms with E-state index in [-0.39, 0.29) is 5.91 Å². The van der Waals surface area contributed by atoms with Crippen molar-refractivity contribution in [3.8, 4) is 0 Å². The Morgan fingerprint density at radius 2 is 1.83 bits per heavy atom. The van der Waals surface area contributed by atoms with E-state index in [2.05, 4.69) is 16.0 Å². The Kier molecular flexibility index (Phi) is 3.71. The third-order valence-corrected chi connectivity index (χ3v) is 4.42. The number of amides is 1. The van der Waals surface area contributed by atoms with Crippen molar-refractivity contribution in [3.63, 3.8) is 0 Å². The van der Waals surface area contributed by atoms with Crippen LogP contribution in [0.1, 0.15) is 16.1 Å². The fourth-order valence-electron chi connectivity index (χ4n) is 3.20. The lowest BCUT2D eigenvalue weighted by molar-refractivity contribution is 0.0984. The van der Waals surface area contributed by atoms with Crippen molar-refractivity contribution in [2.24, 2.45) is 0 Å². The lowest BCUT2D eigenvalue weighted by Gasteiger charge is -2.28. The number of ether oxygens (including phenoxy) is 1. The lowest BCUT2D eigenvalue weighted by atomic mass is 10.2. The van der Waals surface area contributed by atoms with Gasteiger partial charge < -0.3 is 14.5 Å². The van der Waals surface area contributed by atoms with Crippen LogP contribution in [0.5, 0.6) is 0 Å². The molecule has 2 aliphatic rings. The predicted octanol–water partition coefficient (Wildman–Crippen LogP) is 2.12. The molecule has 0 bridgehead atoms. The number of carbonyl (C=O) groups excluding carboxylic acids is 1. The summed E-state index contributed by atoms with van der Waals surface area (Å²) >= 11 is 0. The average Bonchev–Trinajstić information content (AvgIpc) is 3.06. The highest BCUT2D eigenvalue weighted by Gasteiger charge is 2.26. The largest absolute Gasteiger partial charge is 0.378 e. The van der Waals surface area contributed by atoms with Crippen molar-refractivity contribution in [3.05, 3.63) is 53.7 Å². The number of pyridine rings is 1. The van der Waals surface area contributed by atoms with E-state index in [1.54, 1.807) is 6.07 Å². The molecule has 0 unspecified atom stereocenters. The molecule has 2 aromatic rings. The fraction of sp³-hybridized carbons (Fsp3) is 0.333. The molecule has 1 aromatic carbocycles. The molecule has 3 heterocycles. The number of fused-ring (bicyclic) bond motifs is 1. The van der Waals surface area contributed by atoms with Crippen LogP contribution >= 0.6 is 0 Å². The highest BCUT2D eigenvalue weighted by molar-refractivity contribution is 6.06. The maximum atomic E-state index is 12.9. The Hall–Kier alpha value is -2.40. The summed E-state index contributed by atoms with van der Waals surface area (Å²) in [6, 6.07) is 13.7. The van der Waals surface area contributed by atoms with Gasteiger partial charge in [-0.25, -0.2) is 4.98 Å². The minimum atomic E-state index is -0.0231. The molecule has 2 aliphatic heterocycles. The van der Waals surface area contributed by atoms with Crippen LogP contribution in [0.4, 0.5) is 11.5 Å². The van der Waals surface area contributed by atoms with Crippen LogP contribution in [0.25, 0.3) is 0 Å². The monoisotopic (exact) mass is 309 g/mol. The Morgan fingerprint density at radius 3 is 2.70 bits per heavy atom. The van der Waals surface area contributed by atoms with Gasteiger partial charge in [-0.05, 0) is 30.2 Å². The smallest absolute Gasteiger partial charge is 0.276 e. The maximum absolute atomic E-state index is 12.9. The molecule has 4 rings (SSSR count). The molecule has 0 spiro atoms. The molecule has 23 heavy (non-hydrogen) atoms. The second kappa shape index (κ2) is 6.01. The van der Waals surface area contributed by atoms with E-state index in [1.807, 2.05) is 35.2 Å². The number of anilines is 2. The van der Waals surface area contributed by atoms with Crippen molar-refractivity contribution in [1.82, 2.24) is 4.98 Å². The molecular formula is C18H19N3O2. The maximum Gasteiger partial charge on any atom is 0.276 e. The zero-order valence-corrected chi connectivity index (χ0v) is 12.9. The number of hydrogen-bond acceptors (Lipinski definition) is 4. The van der Waals surface area contributed by atoms with E-state index >= 15 is 0 Å².